The molecule has 5 heteroatoms. The normalized spacial score (nSPS) is 10.9. The van der Waals surface area contributed by atoms with Crippen molar-refractivity contribution in [2.75, 3.05) is 0 Å². The summed E-state index contributed by atoms with van der Waals surface area (Å²) in [5, 5.41) is 17.7. The number of hydrogen-bond donors (Lipinski definition) is 1. The van der Waals surface area contributed by atoms with Gasteiger partial charge in [-0.05, 0) is 25.5 Å². The van der Waals surface area contributed by atoms with Crippen LogP contribution in [0.1, 0.15) is 56.0 Å². The second kappa shape index (κ2) is 9.30. The number of benzene rings is 1. The van der Waals surface area contributed by atoms with Crippen molar-refractivity contribution in [3.63, 3.8) is 0 Å². The first-order chi connectivity index (χ1) is 11.2. The zero-order chi connectivity index (χ0) is 16.5. The van der Waals surface area contributed by atoms with E-state index < -0.39 is 0 Å². The molecule has 2 aromatic rings. The molecule has 1 aromatic heterocycles. The van der Waals surface area contributed by atoms with Crippen molar-refractivity contribution in [3.8, 4) is 5.75 Å². The largest absolute Gasteiger partial charge is 0.487 e. The standard InChI is InChI=1S/C18H27N3O2/c1-3-4-5-6-7-12-21-18(17(13-22)19-20-21)14-23-16-10-8-15(2)9-11-16/h8-11,22H,3-7,12-14H2,1-2H3. The van der Waals surface area contributed by atoms with Gasteiger partial charge in [-0.2, -0.15) is 0 Å². The first kappa shape index (κ1) is 17.5. The van der Waals surface area contributed by atoms with Crippen LogP contribution in [0.5, 0.6) is 5.75 Å². The van der Waals surface area contributed by atoms with Crippen molar-refractivity contribution in [1.29, 1.82) is 0 Å². The highest BCUT2D eigenvalue weighted by atomic mass is 16.5. The minimum Gasteiger partial charge on any atom is -0.487 e. The molecule has 5 nitrogen and oxygen atoms in total. The lowest BCUT2D eigenvalue weighted by atomic mass is 10.1. The van der Waals surface area contributed by atoms with Crippen LogP contribution in [-0.4, -0.2) is 20.1 Å². The first-order valence-corrected chi connectivity index (χ1v) is 8.46. The van der Waals surface area contributed by atoms with Gasteiger partial charge in [0.05, 0.1) is 6.61 Å². The SMILES string of the molecule is CCCCCCCn1nnc(CO)c1COc1ccc(C)cc1. The van der Waals surface area contributed by atoms with E-state index >= 15 is 0 Å². The minimum absolute atomic E-state index is 0.109. The van der Waals surface area contributed by atoms with Gasteiger partial charge in [0, 0.05) is 6.54 Å². The maximum Gasteiger partial charge on any atom is 0.132 e. The van der Waals surface area contributed by atoms with Crippen molar-refractivity contribution in [3.05, 3.63) is 41.2 Å². The molecule has 1 heterocycles. The van der Waals surface area contributed by atoms with Gasteiger partial charge in [0.15, 0.2) is 0 Å². The van der Waals surface area contributed by atoms with E-state index in [9.17, 15) is 5.11 Å². The number of rotatable bonds is 10. The van der Waals surface area contributed by atoms with Crippen LogP contribution in [0, 0.1) is 6.92 Å². The highest BCUT2D eigenvalue weighted by Gasteiger charge is 2.12. The number of aryl methyl sites for hydroxylation is 2. The van der Waals surface area contributed by atoms with E-state index in [1.807, 2.05) is 35.9 Å². The minimum atomic E-state index is -0.109. The predicted molar refractivity (Wildman–Crippen MR) is 90.2 cm³/mol. The number of aromatic nitrogens is 3. The zero-order valence-corrected chi connectivity index (χ0v) is 14.2. The monoisotopic (exact) mass is 317 g/mol. The van der Waals surface area contributed by atoms with E-state index in [1.165, 1.54) is 31.2 Å². The molecule has 0 saturated heterocycles. The number of hydrogen-bond acceptors (Lipinski definition) is 4. The molecule has 0 atom stereocenters. The lowest BCUT2D eigenvalue weighted by molar-refractivity contribution is 0.261. The third kappa shape index (κ3) is 5.36. The Morgan fingerprint density at radius 3 is 2.52 bits per heavy atom. The third-order valence-corrected chi connectivity index (χ3v) is 3.94. The average molecular weight is 317 g/mol. The Kier molecular flexibility index (Phi) is 7.07. The number of aliphatic hydroxyl groups is 1. The number of aliphatic hydroxyl groups excluding tert-OH is 1. The molecule has 0 fully saturated rings. The average Bonchev–Trinajstić information content (AvgIpc) is 2.96. The Hall–Kier alpha value is -1.88. The van der Waals surface area contributed by atoms with Gasteiger partial charge in [0.25, 0.3) is 0 Å². The van der Waals surface area contributed by atoms with Gasteiger partial charge in [0.1, 0.15) is 23.7 Å². The van der Waals surface area contributed by atoms with E-state index in [2.05, 4.69) is 17.2 Å². The summed E-state index contributed by atoms with van der Waals surface area (Å²) in [6.45, 7) is 5.35. The van der Waals surface area contributed by atoms with Crippen molar-refractivity contribution >= 4 is 0 Å². The maximum atomic E-state index is 9.44. The maximum absolute atomic E-state index is 9.44. The van der Waals surface area contributed by atoms with Gasteiger partial charge in [-0.15, -0.1) is 5.10 Å². The fourth-order valence-electron chi connectivity index (χ4n) is 2.48. The van der Waals surface area contributed by atoms with Crippen LogP contribution in [0.4, 0.5) is 0 Å². The fraction of sp³-hybridized carbons (Fsp3) is 0.556. The zero-order valence-electron chi connectivity index (χ0n) is 14.2. The van der Waals surface area contributed by atoms with E-state index in [0.29, 0.717) is 12.3 Å². The molecular formula is C18H27N3O2. The molecule has 0 bridgehead atoms. The Morgan fingerprint density at radius 2 is 1.83 bits per heavy atom. The van der Waals surface area contributed by atoms with Gasteiger partial charge < -0.3 is 9.84 Å². The number of unbranched alkanes of at least 4 members (excludes halogenated alkanes) is 4. The molecule has 0 unspecified atom stereocenters. The summed E-state index contributed by atoms with van der Waals surface area (Å²) < 4.78 is 7.69. The van der Waals surface area contributed by atoms with Gasteiger partial charge >= 0.3 is 0 Å². The van der Waals surface area contributed by atoms with E-state index in [4.69, 9.17) is 4.74 Å². The van der Waals surface area contributed by atoms with Crippen molar-refractivity contribution < 1.29 is 9.84 Å². The topological polar surface area (TPSA) is 60.2 Å². The van der Waals surface area contributed by atoms with Gasteiger partial charge in [-0.1, -0.05) is 55.5 Å². The summed E-state index contributed by atoms with van der Waals surface area (Å²) in [5.74, 6) is 0.815. The third-order valence-electron chi connectivity index (χ3n) is 3.94. The lowest BCUT2D eigenvalue weighted by Crippen LogP contribution is -2.10. The van der Waals surface area contributed by atoms with Crippen LogP contribution >= 0.6 is 0 Å². The second-order valence-electron chi connectivity index (χ2n) is 5.88. The summed E-state index contributed by atoms with van der Waals surface area (Å²) in [7, 11) is 0. The van der Waals surface area contributed by atoms with Crippen molar-refractivity contribution in [2.45, 2.75) is 65.7 Å². The Bertz CT molecular complexity index is 578. The van der Waals surface area contributed by atoms with Crippen molar-refractivity contribution in [2.24, 2.45) is 0 Å². The van der Waals surface area contributed by atoms with Gasteiger partial charge in [-0.3, -0.25) is 0 Å². The molecule has 0 amide bonds. The summed E-state index contributed by atoms with van der Waals surface area (Å²) in [4.78, 5) is 0. The van der Waals surface area contributed by atoms with Crippen molar-refractivity contribution in [1.82, 2.24) is 15.0 Å². The molecule has 0 aliphatic carbocycles. The molecule has 0 aliphatic rings. The van der Waals surface area contributed by atoms with Gasteiger partial charge in [0.2, 0.25) is 0 Å². The van der Waals surface area contributed by atoms with Gasteiger partial charge in [-0.25, -0.2) is 4.68 Å². The van der Waals surface area contributed by atoms with Crippen LogP contribution in [0.2, 0.25) is 0 Å². The molecule has 23 heavy (non-hydrogen) atoms. The Labute approximate surface area is 138 Å². The summed E-state index contributed by atoms with van der Waals surface area (Å²) >= 11 is 0. The molecule has 1 N–H and O–H groups in total. The number of ether oxygens (including phenoxy) is 1. The molecular weight excluding hydrogens is 290 g/mol. The predicted octanol–water partition coefficient (Wildman–Crippen LogP) is 3.63. The molecule has 0 radical (unpaired) electrons. The molecule has 2 rings (SSSR count). The molecule has 1 aromatic carbocycles. The van der Waals surface area contributed by atoms with Crippen LogP contribution in [-0.2, 0) is 19.8 Å². The molecule has 0 saturated carbocycles. The summed E-state index contributed by atoms with van der Waals surface area (Å²) in [5.41, 5.74) is 2.67. The van der Waals surface area contributed by atoms with E-state index in [0.717, 1.165) is 24.4 Å². The van der Waals surface area contributed by atoms with Crippen LogP contribution in [0.25, 0.3) is 0 Å². The van der Waals surface area contributed by atoms with E-state index in [-0.39, 0.29) is 6.61 Å². The fourth-order valence-corrected chi connectivity index (χ4v) is 2.48. The quantitative estimate of drug-likeness (QED) is 0.680. The van der Waals surface area contributed by atoms with Crippen LogP contribution in [0.15, 0.2) is 24.3 Å². The second-order valence-corrected chi connectivity index (χ2v) is 5.88. The van der Waals surface area contributed by atoms with Crippen LogP contribution < -0.4 is 4.74 Å². The Morgan fingerprint density at radius 1 is 1.09 bits per heavy atom. The highest BCUT2D eigenvalue weighted by Crippen LogP contribution is 2.16. The molecule has 126 valence electrons. The number of nitrogens with zero attached hydrogens (tertiary/aromatic N) is 3. The smallest absolute Gasteiger partial charge is 0.132 e. The first-order valence-electron chi connectivity index (χ1n) is 8.46. The highest BCUT2D eigenvalue weighted by molar-refractivity contribution is 5.26. The van der Waals surface area contributed by atoms with Crippen LogP contribution in [0.3, 0.4) is 0 Å². The molecule has 0 aliphatic heterocycles. The summed E-state index contributed by atoms with van der Waals surface area (Å²) in [6.07, 6.45) is 6.05. The lowest BCUT2D eigenvalue weighted by Gasteiger charge is -2.10. The Balaban J connectivity index is 1.93. The molecule has 0 spiro atoms. The summed E-state index contributed by atoms with van der Waals surface area (Å²) in [6, 6.07) is 7.94. The van der Waals surface area contributed by atoms with E-state index in [1.54, 1.807) is 0 Å².